The number of para-hydroxylation sites is 5. The van der Waals surface area contributed by atoms with E-state index in [0.29, 0.717) is 0 Å². The average Bonchev–Trinajstić information content (AvgIpc) is 3.75. The normalized spacial score (nSPS) is 11.5. The van der Waals surface area contributed by atoms with Gasteiger partial charge >= 0.3 is 0 Å². The zero-order valence-corrected chi connectivity index (χ0v) is 27.8. The van der Waals surface area contributed by atoms with Gasteiger partial charge in [-0.15, -0.1) is 0 Å². The van der Waals surface area contributed by atoms with E-state index < -0.39 is 0 Å². The number of benzene rings is 8. The first-order chi connectivity index (χ1) is 25.3. The third-order valence-corrected chi connectivity index (χ3v) is 10.0. The minimum absolute atomic E-state index is 0.880. The van der Waals surface area contributed by atoms with E-state index in [-0.39, 0.29) is 0 Å². The quantitative estimate of drug-likeness (QED) is 0.178. The summed E-state index contributed by atoms with van der Waals surface area (Å²) in [7, 11) is 0. The van der Waals surface area contributed by atoms with Crippen LogP contribution in [0.4, 0.5) is 17.1 Å². The Morgan fingerprint density at radius 2 is 0.922 bits per heavy atom. The number of furan rings is 1. The summed E-state index contributed by atoms with van der Waals surface area (Å²) in [4.78, 5) is 2.28. The first-order valence-corrected chi connectivity index (χ1v) is 17.4. The molecule has 3 heteroatoms. The fourth-order valence-electron chi connectivity index (χ4n) is 7.58. The SMILES string of the molecule is c1ccc(N(c2ccc(-c3ccc(-c4ccc5c(c4)c4ccccc4n5-c4ccccc4)cc3)cc2)c2cccc3c2oc2ccccc23)cc1. The van der Waals surface area contributed by atoms with Crippen LogP contribution in [0.3, 0.4) is 0 Å². The highest BCUT2D eigenvalue weighted by Gasteiger charge is 2.19. The predicted molar refractivity (Wildman–Crippen MR) is 214 cm³/mol. The lowest BCUT2D eigenvalue weighted by atomic mass is 9.99. The monoisotopic (exact) mass is 652 g/mol. The van der Waals surface area contributed by atoms with E-state index in [9.17, 15) is 0 Å². The fraction of sp³-hybridized carbons (Fsp3) is 0. The van der Waals surface area contributed by atoms with E-state index in [0.717, 1.165) is 39.0 Å². The summed E-state index contributed by atoms with van der Waals surface area (Å²) in [5, 5.41) is 4.76. The molecule has 8 aromatic carbocycles. The zero-order chi connectivity index (χ0) is 33.7. The van der Waals surface area contributed by atoms with Crippen molar-refractivity contribution in [2.24, 2.45) is 0 Å². The minimum Gasteiger partial charge on any atom is -0.454 e. The van der Waals surface area contributed by atoms with E-state index in [2.05, 4.69) is 191 Å². The second-order valence-electron chi connectivity index (χ2n) is 13.0. The molecular weight excluding hydrogens is 621 g/mol. The van der Waals surface area contributed by atoms with Crippen LogP contribution in [0.15, 0.2) is 199 Å². The molecule has 2 aromatic heterocycles. The molecule has 0 atom stereocenters. The van der Waals surface area contributed by atoms with Crippen molar-refractivity contribution in [3.8, 4) is 27.9 Å². The number of fused-ring (bicyclic) bond motifs is 6. The van der Waals surface area contributed by atoms with Gasteiger partial charge < -0.3 is 13.9 Å². The number of rotatable bonds is 6. The lowest BCUT2D eigenvalue weighted by Crippen LogP contribution is -2.10. The Labute approximate surface area is 295 Å². The predicted octanol–water partition coefficient (Wildman–Crippen LogP) is 13.5. The van der Waals surface area contributed by atoms with Crippen molar-refractivity contribution in [2.45, 2.75) is 0 Å². The summed E-state index contributed by atoms with van der Waals surface area (Å²) in [6, 6.07) is 69.0. The molecule has 0 saturated carbocycles. The van der Waals surface area contributed by atoms with Gasteiger partial charge in [0.2, 0.25) is 0 Å². The summed E-state index contributed by atoms with van der Waals surface area (Å²) < 4.78 is 8.83. The maximum absolute atomic E-state index is 6.47. The number of anilines is 3. The Bertz CT molecular complexity index is 2830. The topological polar surface area (TPSA) is 21.3 Å². The third-order valence-electron chi connectivity index (χ3n) is 10.0. The highest BCUT2D eigenvalue weighted by molar-refractivity contribution is 6.11. The van der Waals surface area contributed by atoms with E-state index in [1.165, 1.54) is 49.7 Å². The third kappa shape index (κ3) is 4.90. The second-order valence-corrected chi connectivity index (χ2v) is 13.0. The van der Waals surface area contributed by atoms with Gasteiger partial charge in [0.05, 0.1) is 16.7 Å². The number of hydrogen-bond acceptors (Lipinski definition) is 2. The smallest absolute Gasteiger partial charge is 0.159 e. The minimum atomic E-state index is 0.880. The van der Waals surface area contributed by atoms with Crippen molar-refractivity contribution in [3.63, 3.8) is 0 Å². The second kappa shape index (κ2) is 11.9. The van der Waals surface area contributed by atoms with Crippen LogP contribution in [0.5, 0.6) is 0 Å². The van der Waals surface area contributed by atoms with Crippen molar-refractivity contribution in [3.05, 3.63) is 194 Å². The first kappa shape index (κ1) is 29.1. The van der Waals surface area contributed by atoms with Crippen molar-refractivity contribution >= 4 is 60.8 Å². The molecule has 0 N–H and O–H groups in total. The average molecular weight is 653 g/mol. The van der Waals surface area contributed by atoms with Crippen LogP contribution >= 0.6 is 0 Å². The summed E-state index contributed by atoms with van der Waals surface area (Å²) in [5.74, 6) is 0. The molecule has 0 spiro atoms. The summed E-state index contributed by atoms with van der Waals surface area (Å²) in [5.41, 5.74) is 13.3. The lowest BCUT2D eigenvalue weighted by Gasteiger charge is -2.25. The molecule has 0 amide bonds. The molecule has 10 rings (SSSR count). The van der Waals surface area contributed by atoms with Crippen molar-refractivity contribution < 1.29 is 4.42 Å². The van der Waals surface area contributed by atoms with Crippen LogP contribution in [0.2, 0.25) is 0 Å². The van der Waals surface area contributed by atoms with E-state index in [1.807, 2.05) is 12.1 Å². The standard InChI is InChI=1S/C48H32N2O/c1-3-12-37(13-4-1)49(46-20-11-18-42-41-17-8-10-21-47(41)51-48(42)46)39-29-26-34(27-30-39)33-22-24-35(25-23-33)36-28-31-45-43(32-36)40-16-7-9-19-44(40)50(45)38-14-5-2-6-15-38/h1-32H. The number of aromatic nitrogens is 1. The summed E-state index contributed by atoms with van der Waals surface area (Å²) in [6.45, 7) is 0. The first-order valence-electron chi connectivity index (χ1n) is 17.4. The maximum atomic E-state index is 6.47. The molecular formula is C48H32N2O. The highest BCUT2D eigenvalue weighted by atomic mass is 16.3. The summed E-state index contributed by atoms with van der Waals surface area (Å²) in [6.07, 6.45) is 0. The van der Waals surface area contributed by atoms with Gasteiger partial charge in [0, 0.05) is 38.6 Å². The van der Waals surface area contributed by atoms with E-state index in [4.69, 9.17) is 4.42 Å². The molecule has 2 heterocycles. The molecule has 0 aliphatic rings. The van der Waals surface area contributed by atoms with Crippen LogP contribution in [-0.2, 0) is 0 Å². The Balaban J connectivity index is 0.997. The van der Waals surface area contributed by atoms with Crippen LogP contribution in [0.25, 0.3) is 71.7 Å². The zero-order valence-electron chi connectivity index (χ0n) is 27.8. The van der Waals surface area contributed by atoms with Gasteiger partial charge in [-0.25, -0.2) is 0 Å². The summed E-state index contributed by atoms with van der Waals surface area (Å²) >= 11 is 0. The number of nitrogens with zero attached hydrogens (tertiary/aromatic N) is 2. The molecule has 0 bridgehead atoms. The molecule has 0 aliphatic carbocycles. The fourth-order valence-corrected chi connectivity index (χ4v) is 7.58. The molecule has 0 fully saturated rings. The number of hydrogen-bond donors (Lipinski definition) is 0. The lowest BCUT2D eigenvalue weighted by molar-refractivity contribution is 0.669. The van der Waals surface area contributed by atoms with Crippen LogP contribution in [0, 0.1) is 0 Å². The Hall–Kier alpha value is -6.84. The molecule has 0 unspecified atom stereocenters. The molecule has 0 saturated heterocycles. The van der Waals surface area contributed by atoms with Crippen LogP contribution < -0.4 is 4.90 Å². The molecule has 51 heavy (non-hydrogen) atoms. The molecule has 0 radical (unpaired) electrons. The van der Waals surface area contributed by atoms with Gasteiger partial charge in [-0.1, -0.05) is 127 Å². The van der Waals surface area contributed by atoms with Crippen molar-refractivity contribution in [2.75, 3.05) is 4.90 Å². The molecule has 0 aliphatic heterocycles. The Kier molecular flexibility index (Phi) is 6.81. The maximum Gasteiger partial charge on any atom is 0.159 e. The van der Waals surface area contributed by atoms with Gasteiger partial charge in [-0.2, -0.15) is 0 Å². The van der Waals surface area contributed by atoms with Crippen LogP contribution in [0.1, 0.15) is 0 Å². The van der Waals surface area contributed by atoms with Gasteiger partial charge in [0.25, 0.3) is 0 Å². The largest absolute Gasteiger partial charge is 0.454 e. The van der Waals surface area contributed by atoms with Gasteiger partial charge in [0.1, 0.15) is 5.58 Å². The highest BCUT2D eigenvalue weighted by Crippen LogP contribution is 2.42. The van der Waals surface area contributed by atoms with Crippen LogP contribution in [-0.4, -0.2) is 4.57 Å². The Morgan fingerprint density at radius 3 is 1.69 bits per heavy atom. The van der Waals surface area contributed by atoms with Crippen molar-refractivity contribution in [1.82, 2.24) is 4.57 Å². The molecule has 10 aromatic rings. The van der Waals surface area contributed by atoms with Crippen molar-refractivity contribution in [1.29, 1.82) is 0 Å². The molecule has 240 valence electrons. The van der Waals surface area contributed by atoms with Gasteiger partial charge in [0.15, 0.2) is 5.58 Å². The van der Waals surface area contributed by atoms with Gasteiger partial charge in [-0.3, -0.25) is 0 Å². The Morgan fingerprint density at radius 1 is 0.373 bits per heavy atom. The van der Waals surface area contributed by atoms with E-state index >= 15 is 0 Å². The van der Waals surface area contributed by atoms with E-state index in [1.54, 1.807) is 0 Å². The molecule has 3 nitrogen and oxygen atoms in total. The van der Waals surface area contributed by atoms with Gasteiger partial charge in [-0.05, 0) is 89.0 Å².